The smallest absolute Gasteiger partial charge is 0.256 e. The van der Waals surface area contributed by atoms with Crippen LogP contribution in [-0.4, -0.2) is 36.7 Å². The van der Waals surface area contributed by atoms with Crippen LogP contribution in [0.25, 0.3) is 0 Å². The molecule has 0 aliphatic heterocycles. The molecule has 1 aromatic heterocycles. The first kappa shape index (κ1) is 19.5. The van der Waals surface area contributed by atoms with Crippen molar-refractivity contribution in [3.63, 3.8) is 0 Å². The number of sulfonamides is 1. The van der Waals surface area contributed by atoms with Gasteiger partial charge in [0, 0.05) is 24.3 Å². The van der Waals surface area contributed by atoms with E-state index in [1.807, 2.05) is 19.1 Å². The second-order valence-corrected chi connectivity index (χ2v) is 8.95. The van der Waals surface area contributed by atoms with Crippen LogP contribution in [0.1, 0.15) is 48.2 Å². The molecule has 1 N–H and O–H groups in total. The quantitative estimate of drug-likeness (QED) is 0.850. The second-order valence-electron chi connectivity index (χ2n) is 6.96. The van der Waals surface area contributed by atoms with Gasteiger partial charge in [-0.25, -0.2) is 13.4 Å². The van der Waals surface area contributed by atoms with E-state index in [2.05, 4.69) is 10.3 Å². The number of nitrogens with zero attached hydrogens (tertiary/aromatic N) is 2. The number of aromatic nitrogens is 1. The molecule has 27 heavy (non-hydrogen) atoms. The van der Waals surface area contributed by atoms with Crippen molar-refractivity contribution >= 4 is 21.7 Å². The summed E-state index contributed by atoms with van der Waals surface area (Å²) >= 11 is 0. The van der Waals surface area contributed by atoms with E-state index in [1.54, 1.807) is 13.1 Å². The summed E-state index contributed by atoms with van der Waals surface area (Å²) in [6.45, 7) is 1.85. The van der Waals surface area contributed by atoms with E-state index in [9.17, 15) is 13.2 Å². The van der Waals surface area contributed by atoms with Crippen LogP contribution in [0.4, 0.5) is 5.82 Å². The Kier molecular flexibility index (Phi) is 5.92. The zero-order chi connectivity index (χ0) is 19.4. The van der Waals surface area contributed by atoms with Crippen LogP contribution < -0.4 is 5.32 Å². The maximum atomic E-state index is 12.9. The molecule has 2 aromatic rings. The third-order valence-electron chi connectivity index (χ3n) is 5.01. The van der Waals surface area contributed by atoms with Crippen LogP contribution in [0.5, 0.6) is 0 Å². The fourth-order valence-corrected chi connectivity index (χ4v) is 4.80. The molecular weight excluding hydrogens is 362 g/mol. The van der Waals surface area contributed by atoms with Gasteiger partial charge in [0.15, 0.2) is 0 Å². The fraction of sp³-hybridized carbons (Fsp3) is 0.400. The molecule has 0 spiro atoms. The lowest BCUT2D eigenvalue weighted by Crippen LogP contribution is -2.38. The normalized spacial score (nSPS) is 15.7. The summed E-state index contributed by atoms with van der Waals surface area (Å²) in [7, 11) is -1.91. The highest BCUT2D eigenvalue weighted by Crippen LogP contribution is 2.26. The van der Waals surface area contributed by atoms with Crippen LogP contribution >= 0.6 is 0 Å². The first-order valence-electron chi connectivity index (χ1n) is 9.21. The Hall–Kier alpha value is -2.25. The van der Waals surface area contributed by atoms with Gasteiger partial charge in [-0.05, 0) is 56.2 Å². The highest BCUT2D eigenvalue weighted by Gasteiger charge is 2.29. The number of amides is 1. The average molecular weight is 388 g/mol. The van der Waals surface area contributed by atoms with Crippen LogP contribution in [0.3, 0.4) is 0 Å². The van der Waals surface area contributed by atoms with E-state index in [0.29, 0.717) is 11.4 Å². The maximum absolute atomic E-state index is 12.9. The molecule has 144 valence electrons. The molecule has 1 aromatic carbocycles. The Bertz CT molecular complexity index is 904. The zero-order valence-corrected chi connectivity index (χ0v) is 16.5. The van der Waals surface area contributed by atoms with E-state index in [-0.39, 0.29) is 16.8 Å². The predicted octanol–water partition coefficient (Wildman–Crippen LogP) is 3.60. The minimum atomic E-state index is -3.56. The Morgan fingerprint density at radius 1 is 1.07 bits per heavy atom. The van der Waals surface area contributed by atoms with Crippen molar-refractivity contribution in [2.75, 3.05) is 12.4 Å². The lowest BCUT2D eigenvalue weighted by molar-refractivity contribution is 0.102. The largest absolute Gasteiger partial charge is 0.307 e. The molecule has 1 aliphatic carbocycles. The standard InChI is InChI=1S/C20H25N3O3S/c1-15-7-6-10-19(21-15)22-20(24)16-11-13-18(14-12-16)27(25,26)23(2)17-8-4-3-5-9-17/h6-7,10-14,17H,3-5,8-9H2,1-2H3,(H,21,22,24). The first-order valence-corrected chi connectivity index (χ1v) is 10.6. The first-order chi connectivity index (χ1) is 12.9. The number of hydrogen-bond acceptors (Lipinski definition) is 4. The van der Waals surface area contributed by atoms with Gasteiger partial charge in [0.1, 0.15) is 5.82 Å². The van der Waals surface area contributed by atoms with Gasteiger partial charge in [-0.3, -0.25) is 4.79 Å². The number of carbonyl (C=O) groups excluding carboxylic acids is 1. The zero-order valence-electron chi connectivity index (χ0n) is 15.7. The summed E-state index contributed by atoms with van der Waals surface area (Å²) in [5, 5.41) is 2.72. The molecule has 1 amide bonds. The Morgan fingerprint density at radius 3 is 2.37 bits per heavy atom. The number of benzene rings is 1. The monoisotopic (exact) mass is 387 g/mol. The van der Waals surface area contributed by atoms with Crippen molar-refractivity contribution < 1.29 is 13.2 Å². The molecule has 0 bridgehead atoms. The molecule has 6 nitrogen and oxygen atoms in total. The number of nitrogens with one attached hydrogen (secondary N) is 1. The van der Waals surface area contributed by atoms with Gasteiger partial charge in [0.05, 0.1) is 4.90 Å². The van der Waals surface area contributed by atoms with Crippen molar-refractivity contribution in [2.45, 2.75) is 50.0 Å². The minimum absolute atomic E-state index is 0.0547. The molecule has 1 aliphatic rings. The molecule has 3 rings (SSSR count). The number of carbonyl (C=O) groups is 1. The average Bonchev–Trinajstić information content (AvgIpc) is 2.68. The highest BCUT2D eigenvalue weighted by molar-refractivity contribution is 7.89. The van der Waals surface area contributed by atoms with Crippen LogP contribution in [-0.2, 0) is 10.0 Å². The van der Waals surface area contributed by atoms with Crippen molar-refractivity contribution in [1.29, 1.82) is 0 Å². The molecule has 1 heterocycles. The summed E-state index contributed by atoms with van der Waals surface area (Å²) in [5.41, 5.74) is 1.19. The summed E-state index contributed by atoms with van der Waals surface area (Å²) in [6, 6.07) is 11.5. The van der Waals surface area contributed by atoms with E-state index < -0.39 is 10.0 Å². The number of hydrogen-bond donors (Lipinski definition) is 1. The lowest BCUT2D eigenvalue weighted by Gasteiger charge is -2.30. The lowest BCUT2D eigenvalue weighted by atomic mass is 9.96. The SMILES string of the molecule is Cc1cccc(NC(=O)c2ccc(S(=O)(=O)N(C)C3CCCCC3)cc2)n1. The number of pyridine rings is 1. The molecule has 1 saturated carbocycles. The third kappa shape index (κ3) is 4.54. The van der Waals surface area contributed by atoms with Crippen molar-refractivity contribution in [1.82, 2.24) is 9.29 Å². The number of rotatable bonds is 5. The van der Waals surface area contributed by atoms with Crippen molar-refractivity contribution in [2.24, 2.45) is 0 Å². The summed E-state index contributed by atoms with van der Waals surface area (Å²) in [4.78, 5) is 16.8. The number of aryl methyl sites for hydroxylation is 1. The summed E-state index contributed by atoms with van der Waals surface area (Å²) in [6.07, 6.45) is 5.11. The fourth-order valence-electron chi connectivity index (χ4n) is 3.39. The molecule has 7 heteroatoms. The van der Waals surface area contributed by atoms with E-state index in [1.165, 1.54) is 35.0 Å². The summed E-state index contributed by atoms with van der Waals surface area (Å²) in [5.74, 6) is 0.145. The molecule has 0 saturated heterocycles. The van der Waals surface area contributed by atoms with Gasteiger partial charge in [-0.1, -0.05) is 25.3 Å². The van der Waals surface area contributed by atoms with Crippen LogP contribution in [0.15, 0.2) is 47.4 Å². The molecule has 0 unspecified atom stereocenters. The van der Waals surface area contributed by atoms with Crippen LogP contribution in [0, 0.1) is 6.92 Å². The minimum Gasteiger partial charge on any atom is -0.307 e. The van der Waals surface area contributed by atoms with E-state index in [0.717, 1.165) is 31.4 Å². The van der Waals surface area contributed by atoms with Crippen molar-refractivity contribution in [3.05, 3.63) is 53.7 Å². The van der Waals surface area contributed by atoms with E-state index >= 15 is 0 Å². The van der Waals surface area contributed by atoms with Gasteiger partial charge in [-0.15, -0.1) is 0 Å². The molecular formula is C20H25N3O3S. The summed E-state index contributed by atoms with van der Waals surface area (Å²) < 4.78 is 27.2. The second kappa shape index (κ2) is 8.19. The Balaban J connectivity index is 1.73. The van der Waals surface area contributed by atoms with E-state index in [4.69, 9.17) is 0 Å². The third-order valence-corrected chi connectivity index (χ3v) is 6.94. The predicted molar refractivity (Wildman–Crippen MR) is 105 cm³/mol. The topological polar surface area (TPSA) is 79.4 Å². The van der Waals surface area contributed by atoms with Gasteiger partial charge in [0.2, 0.25) is 10.0 Å². The highest BCUT2D eigenvalue weighted by atomic mass is 32.2. The molecule has 0 atom stereocenters. The van der Waals surface area contributed by atoms with Gasteiger partial charge < -0.3 is 5.32 Å². The Morgan fingerprint density at radius 2 is 1.74 bits per heavy atom. The molecule has 1 fully saturated rings. The van der Waals surface area contributed by atoms with Gasteiger partial charge in [0.25, 0.3) is 5.91 Å². The number of anilines is 1. The van der Waals surface area contributed by atoms with Crippen molar-refractivity contribution in [3.8, 4) is 0 Å². The van der Waals surface area contributed by atoms with Crippen LogP contribution in [0.2, 0.25) is 0 Å². The van der Waals surface area contributed by atoms with Gasteiger partial charge in [-0.2, -0.15) is 4.31 Å². The maximum Gasteiger partial charge on any atom is 0.256 e. The molecule has 0 radical (unpaired) electrons. The van der Waals surface area contributed by atoms with Gasteiger partial charge >= 0.3 is 0 Å². The Labute approximate surface area is 160 Å².